The molecule has 3 saturated carbocycles. The third kappa shape index (κ3) is 4.07. The van der Waals surface area contributed by atoms with Crippen LogP contribution in [0.15, 0.2) is 84.5 Å². The Labute approximate surface area is 290 Å². The number of β-amino-alcohol motifs (C(OH)–C–C–N with tert-alkyl or cyclic N) is 1. The van der Waals surface area contributed by atoms with Crippen molar-refractivity contribution in [2.75, 3.05) is 31.2 Å². The summed E-state index contributed by atoms with van der Waals surface area (Å²) < 4.78 is 0. The molecule has 1 amide bonds. The van der Waals surface area contributed by atoms with Crippen LogP contribution in [0.5, 0.6) is 0 Å². The average Bonchev–Trinajstić information content (AvgIpc) is 3.57. The van der Waals surface area contributed by atoms with Gasteiger partial charge in [-0.25, -0.2) is 0 Å². The maximum absolute atomic E-state index is 14.7. The van der Waals surface area contributed by atoms with E-state index in [1.165, 1.54) is 0 Å². The Balaban J connectivity index is 1.03. The maximum atomic E-state index is 14.7. The van der Waals surface area contributed by atoms with E-state index in [1.807, 2.05) is 48.5 Å². The van der Waals surface area contributed by atoms with Crippen molar-refractivity contribution in [3.05, 3.63) is 90.0 Å². The molecule has 2 aromatic rings. The lowest BCUT2D eigenvalue weighted by atomic mass is 9.32. The lowest BCUT2D eigenvalue weighted by Crippen LogP contribution is -2.67. The number of carbonyl (C=O) groups is 2. The number of anilines is 1. The average molecular weight is 662 g/mol. The summed E-state index contributed by atoms with van der Waals surface area (Å²) in [4.78, 5) is 32.7. The van der Waals surface area contributed by atoms with E-state index in [4.69, 9.17) is 0 Å². The Morgan fingerprint density at radius 2 is 1.51 bits per heavy atom. The highest BCUT2D eigenvalue weighted by Gasteiger charge is 2.74. The minimum absolute atomic E-state index is 0.0445. The molecule has 7 heteroatoms. The van der Waals surface area contributed by atoms with Gasteiger partial charge in [0.2, 0.25) is 5.91 Å². The summed E-state index contributed by atoms with van der Waals surface area (Å²) in [6.07, 6.45) is 14.1. The highest BCUT2D eigenvalue weighted by molar-refractivity contribution is 6.10. The minimum Gasteiger partial charge on any atom is -0.393 e. The number of Topliss-reactive ketones (excluding diaryl/α,β-unsaturated/α-hetero) is 1. The molecule has 2 heterocycles. The van der Waals surface area contributed by atoms with E-state index in [0.29, 0.717) is 26.1 Å². The van der Waals surface area contributed by atoms with Crippen molar-refractivity contribution in [2.24, 2.45) is 33.5 Å². The fourth-order valence-corrected chi connectivity index (χ4v) is 12.8. The van der Waals surface area contributed by atoms with Gasteiger partial charge in [0.1, 0.15) is 5.54 Å². The van der Waals surface area contributed by atoms with Crippen LogP contribution < -0.4 is 10.2 Å². The second kappa shape index (κ2) is 10.6. The summed E-state index contributed by atoms with van der Waals surface area (Å²) >= 11 is 0. The number of amides is 1. The number of hydrogen-bond acceptors (Lipinski definition) is 6. The van der Waals surface area contributed by atoms with E-state index in [1.54, 1.807) is 0 Å². The molecule has 8 aliphatic rings. The Bertz CT molecular complexity index is 1730. The molecule has 8 unspecified atom stereocenters. The number of carbonyl (C=O) groups excluding carboxylic acids is 2. The topological polar surface area (TPSA) is 93.1 Å². The summed E-state index contributed by atoms with van der Waals surface area (Å²) in [7, 11) is 0. The van der Waals surface area contributed by atoms with Crippen LogP contribution in [0.4, 0.5) is 5.69 Å². The van der Waals surface area contributed by atoms with Gasteiger partial charge in [-0.3, -0.25) is 9.59 Å². The third-order valence-corrected chi connectivity index (χ3v) is 15.6. The SMILES string of the molecule is CC12CCC(O)CC13C=CC1(C(C(=O)c4ccccc4)=C3)C2CCC2(C)C1CCC2(O)CN1CCC2(CC1)C(=O)NCN2c1ccccc1. The molecule has 7 nitrogen and oxygen atoms in total. The molecule has 0 aromatic heterocycles. The second-order valence-corrected chi connectivity index (χ2v) is 17.2. The molecule has 3 spiro atoms. The fraction of sp³-hybridized carbons (Fsp3) is 0.571. The van der Waals surface area contributed by atoms with Gasteiger partial charge in [0, 0.05) is 52.7 Å². The van der Waals surface area contributed by atoms with Gasteiger partial charge in [0.15, 0.2) is 5.78 Å². The van der Waals surface area contributed by atoms with Gasteiger partial charge < -0.3 is 25.3 Å². The quantitative estimate of drug-likeness (QED) is 0.274. The van der Waals surface area contributed by atoms with Crippen LogP contribution in [0, 0.1) is 33.5 Å². The maximum Gasteiger partial charge on any atom is 0.247 e. The predicted molar refractivity (Wildman–Crippen MR) is 190 cm³/mol. The highest BCUT2D eigenvalue weighted by Crippen LogP contribution is 2.78. The number of aliphatic hydroxyl groups excluding tert-OH is 1. The number of hydrogen-bond donors (Lipinski definition) is 3. The highest BCUT2D eigenvalue weighted by atomic mass is 16.3. The first kappa shape index (κ1) is 31.7. The van der Waals surface area contributed by atoms with Gasteiger partial charge in [-0.2, -0.15) is 0 Å². The van der Waals surface area contributed by atoms with Gasteiger partial charge in [0.05, 0.1) is 18.4 Å². The molecule has 49 heavy (non-hydrogen) atoms. The number of fused-ring (bicyclic) bond motifs is 1. The monoisotopic (exact) mass is 661 g/mol. The number of piperidine rings is 1. The van der Waals surface area contributed by atoms with Crippen LogP contribution >= 0.6 is 0 Å². The molecule has 2 saturated heterocycles. The van der Waals surface area contributed by atoms with Gasteiger partial charge in [0.25, 0.3) is 0 Å². The van der Waals surface area contributed by atoms with Gasteiger partial charge in [-0.15, -0.1) is 0 Å². The number of aliphatic hydroxyl groups is 2. The van der Waals surface area contributed by atoms with E-state index in [2.05, 4.69) is 59.3 Å². The normalized spacial score (nSPS) is 42.0. The largest absolute Gasteiger partial charge is 0.393 e. The number of likely N-dealkylation sites (tertiary alicyclic amines) is 1. The van der Waals surface area contributed by atoms with Crippen molar-refractivity contribution in [1.82, 2.24) is 10.2 Å². The Kier molecular flexibility index (Phi) is 6.88. The van der Waals surface area contributed by atoms with Crippen molar-refractivity contribution >= 4 is 17.4 Å². The van der Waals surface area contributed by atoms with E-state index >= 15 is 0 Å². The van der Waals surface area contributed by atoms with Crippen LogP contribution in [-0.2, 0) is 4.79 Å². The molecular weight excluding hydrogens is 610 g/mol. The molecule has 6 aliphatic carbocycles. The number of rotatable bonds is 5. The zero-order valence-electron chi connectivity index (χ0n) is 29.0. The van der Waals surface area contributed by atoms with Crippen molar-refractivity contribution < 1.29 is 19.8 Å². The van der Waals surface area contributed by atoms with Gasteiger partial charge in [-0.1, -0.05) is 80.6 Å². The van der Waals surface area contributed by atoms with Crippen LogP contribution in [0.25, 0.3) is 0 Å². The molecule has 0 radical (unpaired) electrons. The summed E-state index contributed by atoms with van der Waals surface area (Å²) in [5, 5.41) is 27.0. The lowest BCUT2D eigenvalue weighted by molar-refractivity contribution is -0.177. The third-order valence-electron chi connectivity index (χ3n) is 15.6. The summed E-state index contributed by atoms with van der Waals surface area (Å²) in [6.45, 7) is 7.40. The Morgan fingerprint density at radius 3 is 2.24 bits per heavy atom. The van der Waals surface area contributed by atoms with Crippen LogP contribution in [0.3, 0.4) is 0 Å². The summed E-state index contributed by atoms with van der Waals surface area (Å²) in [6, 6.07) is 20.0. The number of benzene rings is 2. The number of nitrogens with zero attached hydrogens (tertiary/aromatic N) is 2. The molecule has 2 aromatic carbocycles. The predicted octanol–water partition coefficient (Wildman–Crippen LogP) is 5.89. The first-order chi connectivity index (χ1) is 23.5. The molecule has 10 rings (SSSR count). The van der Waals surface area contributed by atoms with E-state index < -0.39 is 16.6 Å². The first-order valence-electron chi connectivity index (χ1n) is 18.8. The zero-order chi connectivity index (χ0) is 33.9. The standard InChI is InChI=1S/C42H51N3O4/c1-37-16-13-31(46)25-39(37)19-20-42(32(26-39)35(47)29-9-5-3-6-10-29)33(37)14-17-38(2)34(42)15-18-41(38,49)27-44-23-21-40(22-24-44)36(48)43-28-45(40)30-11-7-4-8-12-30/h3-12,19-20,26,31,33-34,46,49H,13-18,21-25,27-28H2,1-2H3,(H,43,48). The number of allylic oxidation sites excluding steroid dienone is 4. The molecule has 5 fully saturated rings. The van der Waals surface area contributed by atoms with Crippen LogP contribution in [0.1, 0.15) is 82.0 Å². The van der Waals surface area contributed by atoms with Crippen molar-refractivity contribution in [2.45, 2.75) is 88.9 Å². The Hall–Kier alpha value is -3.26. The van der Waals surface area contributed by atoms with Gasteiger partial charge >= 0.3 is 0 Å². The van der Waals surface area contributed by atoms with E-state index in [0.717, 1.165) is 74.9 Å². The number of para-hydroxylation sites is 1. The fourth-order valence-electron chi connectivity index (χ4n) is 12.8. The lowest BCUT2D eigenvalue weighted by Gasteiger charge is -2.71. The molecule has 3 N–H and O–H groups in total. The molecule has 258 valence electrons. The molecule has 2 bridgehead atoms. The van der Waals surface area contributed by atoms with Crippen molar-refractivity contribution in [3.8, 4) is 0 Å². The zero-order valence-corrected chi connectivity index (χ0v) is 29.0. The summed E-state index contributed by atoms with van der Waals surface area (Å²) in [5.74, 6) is 0.635. The van der Waals surface area contributed by atoms with Crippen LogP contribution in [-0.4, -0.2) is 70.4 Å². The minimum atomic E-state index is -0.899. The van der Waals surface area contributed by atoms with E-state index in [-0.39, 0.29) is 45.9 Å². The molecular formula is C42H51N3O4. The first-order valence-corrected chi connectivity index (χ1v) is 18.8. The smallest absolute Gasteiger partial charge is 0.247 e. The summed E-state index contributed by atoms with van der Waals surface area (Å²) in [5.41, 5.74) is 0.0504. The number of nitrogens with one attached hydrogen (secondary N) is 1. The number of ketones is 1. The van der Waals surface area contributed by atoms with E-state index in [9.17, 15) is 19.8 Å². The van der Waals surface area contributed by atoms with Crippen LogP contribution in [0.2, 0.25) is 0 Å². The van der Waals surface area contributed by atoms with Gasteiger partial charge in [-0.05, 0) is 87.2 Å². The molecule has 2 aliphatic heterocycles. The second-order valence-electron chi connectivity index (χ2n) is 17.2. The van der Waals surface area contributed by atoms with Crippen molar-refractivity contribution in [3.63, 3.8) is 0 Å². The Morgan fingerprint density at radius 1 is 0.857 bits per heavy atom. The molecule has 8 atom stereocenters. The van der Waals surface area contributed by atoms with Crippen molar-refractivity contribution in [1.29, 1.82) is 0 Å².